The molecule has 0 aliphatic carbocycles. The van der Waals surface area contributed by atoms with Gasteiger partial charge in [0, 0.05) is 6.54 Å². The first-order chi connectivity index (χ1) is 7.66. The van der Waals surface area contributed by atoms with Crippen molar-refractivity contribution < 1.29 is 14.7 Å². The third-order valence-corrected chi connectivity index (χ3v) is 2.50. The lowest BCUT2D eigenvalue weighted by Gasteiger charge is -2.11. The van der Waals surface area contributed by atoms with Gasteiger partial charge in [0.2, 0.25) is 5.91 Å². The van der Waals surface area contributed by atoms with E-state index in [2.05, 4.69) is 5.32 Å². The van der Waals surface area contributed by atoms with Gasteiger partial charge in [0.15, 0.2) is 0 Å². The fourth-order valence-corrected chi connectivity index (χ4v) is 1.59. The van der Waals surface area contributed by atoms with Crippen LogP contribution in [0.25, 0.3) is 0 Å². The molecule has 1 heterocycles. The molecular formula is C11H12N2O3. The van der Waals surface area contributed by atoms with Crippen molar-refractivity contribution in [2.24, 2.45) is 0 Å². The maximum atomic E-state index is 11.3. The second-order valence-electron chi connectivity index (χ2n) is 3.62. The summed E-state index contributed by atoms with van der Waals surface area (Å²) in [6.45, 7) is 0.462. The summed E-state index contributed by atoms with van der Waals surface area (Å²) in [6, 6.07) is 6.38. The van der Waals surface area contributed by atoms with E-state index in [9.17, 15) is 9.59 Å². The molecule has 2 N–H and O–H groups in total. The lowest BCUT2D eigenvalue weighted by Crippen LogP contribution is -2.32. The molecule has 5 heteroatoms. The number of benzene rings is 1. The van der Waals surface area contributed by atoms with Crippen molar-refractivity contribution in [3.05, 3.63) is 29.8 Å². The van der Waals surface area contributed by atoms with Crippen LogP contribution in [0.2, 0.25) is 0 Å². The van der Waals surface area contributed by atoms with Crippen LogP contribution in [0, 0.1) is 0 Å². The Morgan fingerprint density at radius 2 is 1.94 bits per heavy atom. The van der Waals surface area contributed by atoms with Gasteiger partial charge in [-0.3, -0.25) is 9.69 Å². The molecule has 1 fully saturated rings. The summed E-state index contributed by atoms with van der Waals surface area (Å²) in [5.74, 6) is 0.0162. The van der Waals surface area contributed by atoms with Gasteiger partial charge in [-0.2, -0.15) is 0 Å². The molecular weight excluding hydrogens is 208 g/mol. The van der Waals surface area contributed by atoms with Crippen LogP contribution in [0.1, 0.15) is 5.56 Å². The standard InChI is InChI=1S/C11H12N2O3/c14-9-3-1-8(2-4-9)5-6-13-10(15)7-12-11(13)16/h1-4,14H,5-7H2,(H,12,16). The van der Waals surface area contributed by atoms with Crippen molar-refractivity contribution in [2.75, 3.05) is 13.1 Å². The minimum atomic E-state index is -0.330. The summed E-state index contributed by atoms with van der Waals surface area (Å²) < 4.78 is 0. The molecule has 1 aliphatic heterocycles. The van der Waals surface area contributed by atoms with Gasteiger partial charge in [0.25, 0.3) is 0 Å². The van der Waals surface area contributed by atoms with Crippen LogP contribution in [0.4, 0.5) is 4.79 Å². The highest BCUT2D eigenvalue weighted by molar-refractivity contribution is 6.01. The summed E-state index contributed by atoms with van der Waals surface area (Å²) >= 11 is 0. The van der Waals surface area contributed by atoms with Crippen molar-refractivity contribution in [3.8, 4) is 5.75 Å². The van der Waals surface area contributed by atoms with Crippen LogP contribution in [-0.4, -0.2) is 35.0 Å². The minimum Gasteiger partial charge on any atom is -0.508 e. The lowest BCUT2D eigenvalue weighted by molar-refractivity contribution is -0.124. The number of carbonyl (C=O) groups is 2. The van der Waals surface area contributed by atoms with Crippen LogP contribution >= 0.6 is 0 Å². The van der Waals surface area contributed by atoms with E-state index in [-0.39, 0.29) is 24.2 Å². The molecule has 1 aromatic carbocycles. The van der Waals surface area contributed by atoms with Crippen molar-refractivity contribution in [3.63, 3.8) is 0 Å². The second-order valence-corrected chi connectivity index (χ2v) is 3.62. The molecule has 0 spiro atoms. The molecule has 0 radical (unpaired) electrons. The number of hydrogen-bond donors (Lipinski definition) is 2. The Morgan fingerprint density at radius 3 is 2.50 bits per heavy atom. The van der Waals surface area contributed by atoms with E-state index in [1.807, 2.05) is 0 Å². The van der Waals surface area contributed by atoms with Gasteiger partial charge in [-0.15, -0.1) is 0 Å². The molecule has 0 saturated carbocycles. The van der Waals surface area contributed by atoms with Crippen LogP contribution in [0.3, 0.4) is 0 Å². The number of nitrogens with zero attached hydrogens (tertiary/aromatic N) is 1. The average Bonchev–Trinajstić information content (AvgIpc) is 2.59. The quantitative estimate of drug-likeness (QED) is 0.728. The highest BCUT2D eigenvalue weighted by atomic mass is 16.3. The fraction of sp³-hybridized carbons (Fsp3) is 0.273. The number of nitrogens with one attached hydrogen (secondary N) is 1. The Morgan fingerprint density at radius 1 is 1.25 bits per heavy atom. The maximum absolute atomic E-state index is 11.3. The van der Waals surface area contributed by atoms with E-state index in [4.69, 9.17) is 5.11 Å². The van der Waals surface area contributed by atoms with Crippen molar-refractivity contribution in [2.45, 2.75) is 6.42 Å². The topological polar surface area (TPSA) is 69.6 Å². The zero-order valence-corrected chi connectivity index (χ0v) is 8.64. The number of rotatable bonds is 3. The lowest BCUT2D eigenvalue weighted by atomic mass is 10.1. The summed E-state index contributed by atoms with van der Waals surface area (Å²) in [6.07, 6.45) is 0.597. The van der Waals surface area contributed by atoms with E-state index in [1.165, 1.54) is 4.90 Å². The summed E-state index contributed by atoms with van der Waals surface area (Å²) in [5.41, 5.74) is 0.977. The van der Waals surface area contributed by atoms with Crippen molar-refractivity contribution in [1.82, 2.24) is 10.2 Å². The summed E-state index contributed by atoms with van der Waals surface area (Å²) in [5, 5.41) is 11.6. The summed E-state index contributed by atoms with van der Waals surface area (Å²) in [4.78, 5) is 23.7. The number of carbonyl (C=O) groups excluding carboxylic acids is 2. The van der Waals surface area contributed by atoms with E-state index < -0.39 is 0 Å². The molecule has 16 heavy (non-hydrogen) atoms. The van der Waals surface area contributed by atoms with Crippen LogP contribution in [0.15, 0.2) is 24.3 Å². The van der Waals surface area contributed by atoms with Crippen LogP contribution in [0.5, 0.6) is 5.75 Å². The minimum absolute atomic E-state index is 0.0917. The molecule has 1 aromatic rings. The number of hydrogen-bond acceptors (Lipinski definition) is 3. The van der Waals surface area contributed by atoms with Crippen LogP contribution in [-0.2, 0) is 11.2 Å². The number of imide groups is 1. The monoisotopic (exact) mass is 220 g/mol. The van der Waals surface area contributed by atoms with Gasteiger partial charge >= 0.3 is 6.03 Å². The van der Waals surface area contributed by atoms with Gasteiger partial charge in [-0.05, 0) is 24.1 Å². The van der Waals surface area contributed by atoms with Gasteiger partial charge in [0.05, 0.1) is 6.54 Å². The van der Waals surface area contributed by atoms with Crippen molar-refractivity contribution >= 4 is 11.9 Å². The number of aromatic hydroxyl groups is 1. The second kappa shape index (κ2) is 4.22. The molecule has 0 aromatic heterocycles. The summed E-state index contributed by atoms with van der Waals surface area (Å²) in [7, 11) is 0. The smallest absolute Gasteiger partial charge is 0.324 e. The molecule has 3 amide bonds. The third-order valence-electron chi connectivity index (χ3n) is 2.50. The predicted molar refractivity (Wildman–Crippen MR) is 56.9 cm³/mol. The van der Waals surface area contributed by atoms with Gasteiger partial charge in [-0.25, -0.2) is 4.79 Å². The number of urea groups is 1. The Balaban J connectivity index is 1.94. The van der Waals surface area contributed by atoms with Gasteiger partial charge in [0.1, 0.15) is 5.75 Å². The molecule has 5 nitrogen and oxygen atoms in total. The largest absolute Gasteiger partial charge is 0.508 e. The average molecular weight is 220 g/mol. The Hall–Kier alpha value is -2.04. The molecule has 0 unspecified atom stereocenters. The molecule has 1 aliphatic rings. The molecule has 0 atom stereocenters. The molecule has 1 saturated heterocycles. The van der Waals surface area contributed by atoms with E-state index in [0.29, 0.717) is 13.0 Å². The first-order valence-electron chi connectivity index (χ1n) is 5.03. The number of amides is 3. The van der Waals surface area contributed by atoms with E-state index in [0.717, 1.165) is 5.56 Å². The highest BCUT2D eigenvalue weighted by Gasteiger charge is 2.27. The molecule has 84 valence electrons. The molecule has 0 bridgehead atoms. The number of phenolic OH excluding ortho intramolecular Hbond substituents is 1. The van der Waals surface area contributed by atoms with E-state index >= 15 is 0 Å². The van der Waals surface area contributed by atoms with Crippen LogP contribution < -0.4 is 5.32 Å². The number of phenols is 1. The maximum Gasteiger partial charge on any atom is 0.324 e. The Labute approximate surface area is 92.7 Å². The zero-order chi connectivity index (χ0) is 11.5. The Bertz CT molecular complexity index is 398. The Kier molecular flexibility index (Phi) is 2.76. The first-order valence-corrected chi connectivity index (χ1v) is 5.03. The predicted octanol–water partition coefficient (Wildman–Crippen LogP) is 0.486. The van der Waals surface area contributed by atoms with Crippen molar-refractivity contribution in [1.29, 1.82) is 0 Å². The van der Waals surface area contributed by atoms with E-state index in [1.54, 1.807) is 24.3 Å². The third kappa shape index (κ3) is 2.13. The van der Waals surface area contributed by atoms with Gasteiger partial charge in [-0.1, -0.05) is 12.1 Å². The first kappa shape index (κ1) is 10.5. The zero-order valence-electron chi connectivity index (χ0n) is 8.64. The molecule has 2 rings (SSSR count). The SMILES string of the molecule is O=C1CNC(=O)N1CCc1ccc(O)cc1. The van der Waals surface area contributed by atoms with Gasteiger partial charge < -0.3 is 10.4 Å². The fourth-order valence-electron chi connectivity index (χ4n) is 1.59. The highest BCUT2D eigenvalue weighted by Crippen LogP contribution is 2.11. The normalized spacial score (nSPS) is 15.4.